The van der Waals surface area contributed by atoms with E-state index in [4.69, 9.17) is 0 Å². The molecule has 0 bridgehead atoms. The van der Waals surface area contributed by atoms with Gasteiger partial charge in [-0.15, -0.1) is 0 Å². The van der Waals surface area contributed by atoms with Crippen molar-refractivity contribution in [2.24, 2.45) is 0 Å². The van der Waals surface area contributed by atoms with Gasteiger partial charge in [-0.1, -0.05) is 6.07 Å². The lowest BCUT2D eigenvalue weighted by Gasteiger charge is -2.07. The molecular weight excluding hydrogens is 402 g/mol. The second-order valence-corrected chi connectivity index (χ2v) is 8.80. The number of carbonyl (C=O) groups is 1. The third kappa shape index (κ3) is 4.47. The summed E-state index contributed by atoms with van der Waals surface area (Å²) in [5.74, 6) is 0. The Morgan fingerprint density at radius 3 is 2.63 bits per heavy atom. The van der Waals surface area contributed by atoms with Crippen LogP contribution in [0.2, 0.25) is 0 Å². The summed E-state index contributed by atoms with van der Waals surface area (Å²) in [6.45, 7) is 0.391. The van der Waals surface area contributed by atoms with Crippen LogP contribution in [0.3, 0.4) is 0 Å². The van der Waals surface area contributed by atoms with E-state index >= 15 is 0 Å². The van der Waals surface area contributed by atoms with E-state index in [1.807, 2.05) is 24.4 Å². The van der Waals surface area contributed by atoms with Gasteiger partial charge in [0.2, 0.25) is 0 Å². The van der Waals surface area contributed by atoms with E-state index < -0.39 is 9.84 Å². The van der Waals surface area contributed by atoms with Crippen LogP contribution in [0.5, 0.6) is 0 Å². The van der Waals surface area contributed by atoms with Gasteiger partial charge in [-0.3, -0.25) is 4.98 Å². The zero-order chi connectivity index (χ0) is 21.1. The number of hydrogen-bond donors (Lipinski definition) is 2. The highest BCUT2D eigenvalue weighted by molar-refractivity contribution is 7.90. The lowest BCUT2D eigenvalue weighted by atomic mass is 10.2. The van der Waals surface area contributed by atoms with Crippen molar-refractivity contribution in [1.82, 2.24) is 20.1 Å². The maximum absolute atomic E-state index is 12.2. The van der Waals surface area contributed by atoms with Crippen LogP contribution in [-0.2, 0) is 16.4 Å². The molecule has 2 aromatic carbocycles. The Morgan fingerprint density at radius 2 is 1.87 bits per heavy atom. The molecule has 9 heteroatoms. The fourth-order valence-electron chi connectivity index (χ4n) is 2.94. The number of aromatic nitrogens is 3. The number of nitrogens with zero attached hydrogens (tertiary/aromatic N) is 3. The van der Waals surface area contributed by atoms with Gasteiger partial charge in [-0.25, -0.2) is 17.9 Å². The Hall–Kier alpha value is -3.72. The van der Waals surface area contributed by atoms with Crippen LogP contribution in [0.4, 0.5) is 10.5 Å². The fraction of sp³-hybridized carbons (Fsp3) is 0.0952. The molecule has 0 aliphatic heterocycles. The molecule has 2 heterocycles. The van der Waals surface area contributed by atoms with Gasteiger partial charge in [0.25, 0.3) is 0 Å². The van der Waals surface area contributed by atoms with Crippen molar-refractivity contribution < 1.29 is 13.2 Å². The van der Waals surface area contributed by atoms with Crippen LogP contribution in [0.1, 0.15) is 5.56 Å². The first-order chi connectivity index (χ1) is 14.4. The molecule has 0 fully saturated rings. The first-order valence-corrected chi connectivity index (χ1v) is 11.0. The van der Waals surface area contributed by atoms with Crippen LogP contribution in [0.15, 0.2) is 78.1 Å². The number of nitrogens with one attached hydrogen (secondary N) is 2. The summed E-state index contributed by atoms with van der Waals surface area (Å²) in [5, 5.41) is 10.9. The van der Waals surface area contributed by atoms with Gasteiger partial charge < -0.3 is 10.6 Å². The van der Waals surface area contributed by atoms with Crippen molar-refractivity contribution in [2.75, 3.05) is 11.6 Å². The molecule has 30 heavy (non-hydrogen) atoms. The van der Waals surface area contributed by atoms with Crippen molar-refractivity contribution in [3.8, 4) is 5.69 Å². The number of rotatable bonds is 5. The van der Waals surface area contributed by atoms with Gasteiger partial charge in [0.1, 0.15) is 0 Å². The van der Waals surface area contributed by atoms with Gasteiger partial charge in [-0.2, -0.15) is 5.10 Å². The van der Waals surface area contributed by atoms with E-state index in [2.05, 4.69) is 20.7 Å². The Balaban J connectivity index is 1.51. The number of anilines is 1. The van der Waals surface area contributed by atoms with Crippen LogP contribution in [0.25, 0.3) is 16.6 Å². The van der Waals surface area contributed by atoms with Crippen molar-refractivity contribution in [3.63, 3.8) is 0 Å². The molecule has 4 aromatic rings. The second-order valence-electron chi connectivity index (χ2n) is 6.78. The standard InChI is InChI=1S/C21H19N5O3S/c1-30(28,29)19-4-2-3-18(12-19)26-14-16-5-6-17(11-20(16)25-26)24-21(27)23-13-15-7-9-22-10-8-15/h2-12,14H,13H2,1H3,(H2,23,24,27). The number of urea groups is 1. The minimum Gasteiger partial charge on any atom is -0.334 e. The SMILES string of the molecule is CS(=O)(=O)c1cccc(-n2cc3ccc(NC(=O)NCc4ccncc4)cc3n2)c1. The molecule has 0 atom stereocenters. The highest BCUT2D eigenvalue weighted by Gasteiger charge is 2.10. The Labute approximate surface area is 173 Å². The molecule has 0 saturated carbocycles. The number of hydrogen-bond acceptors (Lipinski definition) is 5. The van der Waals surface area contributed by atoms with E-state index in [0.717, 1.165) is 10.9 Å². The Bertz CT molecular complexity index is 1320. The molecule has 0 spiro atoms. The molecule has 0 unspecified atom stereocenters. The molecule has 4 rings (SSSR count). The summed E-state index contributed by atoms with van der Waals surface area (Å²) in [6.07, 6.45) is 6.32. The van der Waals surface area contributed by atoms with Crippen LogP contribution >= 0.6 is 0 Å². The minimum absolute atomic E-state index is 0.229. The number of sulfone groups is 1. The van der Waals surface area contributed by atoms with Crippen LogP contribution in [-0.4, -0.2) is 35.5 Å². The van der Waals surface area contributed by atoms with Crippen molar-refractivity contribution in [3.05, 3.63) is 78.8 Å². The van der Waals surface area contributed by atoms with E-state index in [-0.39, 0.29) is 10.9 Å². The smallest absolute Gasteiger partial charge is 0.319 e. The van der Waals surface area contributed by atoms with E-state index in [0.29, 0.717) is 23.4 Å². The average Bonchev–Trinajstić information content (AvgIpc) is 3.16. The molecule has 0 radical (unpaired) electrons. The molecule has 152 valence electrons. The fourth-order valence-corrected chi connectivity index (χ4v) is 3.60. The molecule has 2 amide bonds. The number of benzene rings is 2. The molecule has 0 aliphatic carbocycles. The summed E-state index contributed by atoms with van der Waals surface area (Å²) in [7, 11) is -3.31. The summed E-state index contributed by atoms with van der Waals surface area (Å²) in [5.41, 5.74) is 2.86. The summed E-state index contributed by atoms with van der Waals surface area (Å²) >= 11 is 0. The number of carbonyl (C=O) groups excluding carboxylic acids is 1. The van der Waals surface area contributed by atoms with Gasteiger partial charge in [0.05, 0.1) is 16.1 Å². The van der Waals surface area contributed by atoms with Crippen LogP contribution in [0, 0.1) is 0 Å². The zero-order valence-corrected chi connectivity index (χ0v) is 16.9. The predicted octanol–water partition coefficient (Wildman–Crippen LogP) is 3.15. The second kappa shape index (κ2) is 7.96. The molecule has 2 N–H and O–H groups in total. The largest absolute Gasteiger partial charge is 0.334 e. The van der Waals surface area contributed by atoms with Crippen LogP contribution < -0.4 is 10.6 Å². The van der Waals surface area contributed by atoms with Gasteiger partial charge >= 0.3 is 6.03 Å². The van der Waals surface area contributed by atoms with E-state index in [9.17, 15) is 13.2 Å². The minimum atomic E-state index is -3.31. The zero-order valence-electron chi connectivity index (χ0n) is 16.1. The van der Waals surface area contributed by atoms with E-state index in [1.165, 1.54) is 6.26 Å². The number of pyridine rings is 1. The van der Waals surface area contributed by atoms with Gasteiger partial charge in [-0.05, 0) is 54.1 Å². The topological polar surface area (TPSA) is 106 Å². The molecule has 0 saturated heterocycles. The van der Waals surface area contributed by atoms with Gasteiger partial charge in [0.15, 0.2) is 9.84 Å². The third-order valence-corrected chi connectivity index (χ3v) is 5.59. The maximum atomic E-state index is 12.2. The monoisotopic (exact) mass is 421 g/mol. The van der Waals surface area contributed by atoms with Crippen molar-refractivity contribution >= 4 is 32.5 Å². The van der Waals surface area contributed by atoms with Gasteiger partial charge in [0, 0.05) is 42.5 Å². The lowest BCUT2D eigenvalue weighted by molar-refractivity contribution is 0.251. The number of amides is 2. The normalized spacial score (nSPS) is 11.4. The number of fused-ring (bicyclic) bond motifs is 1. The lowest BCUT2D eigenvalue weighted by Crippen LogP contribution is -2.28. The summed E-state index contributed by atoms with van der Waals surface area (Å²) in [4.78, 5) is 16.3. The van der Waals surface area contributed by atoms with Crippen molar-refractivity contribution in [1.29, 1.82) is 0 Å². The first kappa shape index (κ1) is 19.6. The average molecular weight is 421 g/mol. The Kier molecular flexibility index (Phi) is 5.20. The highest BCUT2D eigenvalue weighted by atomic mass is 32.2. The Morgan fingerprint density at radius 1 is 1.07 bits per heavy atom. The third-order valence-electron chi connectivity index (χ3n) is 4.48. The summed E-state index contributed by atoms with van der Waals surface area (Å²) < 4.78 is 25.2. The van der Waals surface area contributed by atoms with Crippen molar-refractivity contribution in [2.45, 2.75) is 11.4 Å². The molecule has 2 aromatic heterocycles. The first-order valence-electron chi connectivity index (χ1n) is 9.12. The molecule has 8 nitrogen and oxygen atoms in total. The highest BCUT2D eigenvalue weighted by Crippen LogP contribution is 2.21. The quantitative estimate of drug-likeness (QED) is 0.515. The predicted molar refractivity (Wildman–Crippen MR) is 114 cm³/mol. The molecule has 0 aliphatic rings. The molecular formula is C21H19N5O3S. The summed E-state index contributed by atoms with van der Waals surface area (Å²) in [6, 6.07) is 15.3. The maximum Gasteiger partial charge on any atom is 0.319 e. The van der Waals surface area contributed by atoms with E-state index in [1.54, 1.807) is 53.5 Å².